The minimum absolute atomic E-state index is 0.159. The monoisotopic (exact) mass is 264 g/mol. The predicted octanol–water partition coefficient (Wildman–Crippen LogP) is 0.0464. The van der Waals surface area contributed by atoms with Crippen LogP contribution in [0.5, 0.6) is 5.75 Å². The minimum Gasteiger partial charge on any atom is -0.495 e. The van der Waals surface area contributed by atoms with Crippen molar-refractivity contribution >= 4 is 23.5 Å². The maximum absolute atomic E-state index is 12.0. The van der Waals surface area contributed by atoms with Gasteiger partial charge in [-0.05, 0) is 12.1 Å². The lowest BCUT2D eigenvalue weighted by Crippen LogP contribution is -2.35. The molecule has 0 aliphatic carbocycles. The van der Waals surface area contributed by atoms with Gasteiger partial charge in [-0.1, -0.05) is 0 Å². The minimum atomic E-state index is -0.672. The third kappa shape index (κ3) is 1.99. The molecule has 1 heterocycles. The third-order valence-corrected chi connectivity index (χ3v) is 2.84. The molecule has 0 saturated heterocycles. The molecule has 1 aromatic carbocycles. The lowest BCUT2D eigenvalue weighted by atomic mass is 10.1. The fourth-order valence-electron chi connectivity index (χ4n) is 1.85. The molecule has 0 bridgehead atoms. The Labute approximate surface area is 108 Å². The van der Waals surface area contributed by atoms with E-state index in [0.717, 1.165) is 4.90 Å². The average molecular weight is 264 g/mol. The van der Waals surface area contributed by atoms with Gasteiger partial charge in [0.05, 0.1) is 31.0 Å². The van der Waals surface area contributed by atoms with Crippen molar-refractivity contribution in [3.8, 4) is 5.75 Å². The molecule has 1 aliphatic heterocycles. The zero-order chi connectivity index (χ0) is 14.2. The number of ether oxygens (including phenoxy) is 2. The second kappa shape index (κ2) is 4.60. The largest absolute Gasteiger partial charge is 0.495 e. The van der Waals surface area contributed by atoms with Gasteiger partial charge >= 0.3 is 5.97 Å². The van der Waals surface area contributed by atoms with Crippen molar-refractivity contribution < 1.29 is 23.9 Å². The van der Waals surface area contributed by atoms with Crippen molar-refractivity contribution in [2.45, 2.75) is 0 Å². The number of fused-ring (bicyclic) bond motifs is 1. The number of hydrogen-bond donors (Lipinski definition) is 1. The molecule has 0 aromatic heterocycles. The molecule has 0 fully saturated rings. The number of anilines is 1. The summed E-state index contributed by atoms with van der Waals surface area (Å²) < 4.78 is 9.43. The van der Waals surface area contributed by atoms with E-state index in [4.69, 9.17) is 10.5 Å². The first-order chi connectivity index (χ1) is 8.99. The number of nitrogen functional groups attached to an aromatic ring is 1. The van der Waals surface area contributed by atoms with E-state index in [0.29, 0.717) is 5.75 Å². The molecule has 0 spiro atoms. The number of methoxy groups -OCH3 is 2. The van der Waals surface area contributed by atoms with Crippen LogP contribution in [0.1, 0.15) is 20.7 Å². The Morgan fingerprint density at radius 2 is 1.79 bits per heavy atom. The van der Waals surface area contributed by atoms with E-state index >= 15 is 0 Å². The third-order valence-electron chi connectivity index (χ3n) is 2.84. The number of carbonyl (C=O) groups is 3. The summed E-state index contributed by atoms with van der Waals surface area (Å²) in [4.78, 5) is 36.0. The van der Waals surface area contributed by atoms with Gasteiger partial charge < -0.3 is 15.2 Å². The number of nitrogens with zero attached hydrogens (tertiary/aromatic N) is 1. The van der Waals surface area contributed by atoms with Crippen LogP contribution in [-0.2, 0) is 9.53 Å². The van der Waals surface area contributed by atoms with E-state index in [-0.39, 0.29) is 16.8 Å². The van der Waals surface area contributed by atoms with E-state index in [2.05, 4.69) is 4.74 Å². The van der Waals surface area contributed by atoms with E-state index in [1.165, 1.54) is 26.4 Å². The molecule has 0 saturated carbocycles. The Kier molecular flexibility index (Phi) is 3.12. The highest BCUT2D eigenvalue weighted by Gasteiger charge is 2.37. The SMILES string of the molecule is COC(=O)CN1C(=O)c2cc(N)c(OC)cc2C1=O. The zero-order valence-corrected chi connectivity index (χ0v) is 10.4. The number of imide groups is 1. The number of carbonyl (C=O) groups excluding carboxylic acids is 3. The molecule has 2 amide bonds. The van der Waals surface area contributed by atoms with Crippen LogP contribution in [-0.4, -0.2) is 43.4 Å². The van der Waals surface area contributed by atoms with E-state index in [1.54, 1.807) is 0 Å². The molecule has 19 heavy (non-hydrogen) atoms. The lowest BCUT2D eigenvalue weighted by molar-refractivity contribution is -0.140. The van der Waals surface area contributed by atoms with Gasteiger partial charge in [0.1, 0.15) is 12.3 Å². The van der Waals surface area contributed by atoms with Crippen LogP contribution in [0.3, 0.4) is 0 Å². The van der Waals surface area contributed by atoms with Crippen LogP contribution in [0, 0.1) is 0 Å². The Balaban J connectivity index is 2.41. The molecule has 100 valence electrons. The van der Waals surface area contributed by atoms with E-state index in [9.17, 15) is 14.4 Å². The summed E-state index contributed by atoms with van der Waals surface area (Å²) in [6, 6.07) is 2.76. The van der Waals surface area contributed by atoms with Gasteiger partial charge in [-0.15, -0.1) is 0 Å². The van der Waals surface area contributed by atoms with Crippen molar-refractivity contribution in [1.82, 2.24) is 4.90 Å². The number of esters is 1. The van der Waals surface area contributed by atoms with Gasteiger partial charge in [0.15, 0.2) is 0 Å². The Morgan fingerprint density at radius 1 is 1.21 bits per heavy atom. The average Bonchev–Trinajstić information content (AvgIpc) is 2.62. The van der Waals surface area contributed by atoms with Gasteiger partial charge in [0.2, 0.25) is 0 Å². The van der Waals surface area contributed by atoms with E-state index < -0.39 is 24.3 Å². The summed E-state index contributed by atoms with van der Waals surface area (Å²) in [5.74, 6) is -1.50. The van der Waals surface area contributed by atoms with Crippen LogP contribution in [0.15, 0.2) is 12.1 Å². The molecule has 0 atom stereocenters. The summed E-state index contributed by atoms with van der Waals surface area (Å²) in [6.07, 6.45) is 0. The maximum atomic E-state index is 12.0. The van der Waals surface area contributed by atoms with Crippen molar-refractivity contribution in [1.29, 1.82) is 0 Å². The van der Waals surface area contributed by atoms with Crippen LogP contribution in [0.4, 0.5) is 5.69 Å². The number of amides is 2. The topological polar surface area (TPSA) is 98.9 Å². The fraction of sp³-hybridized carbons (Fsp3) is 0.250. The quantitative estimate of drug-likeness (QED) is 0.470. The van der Waals surface area contributed by atoms with Crippen LogP contribution in [0.2, 0.25) is 0 Å². The van der Waals surface area contributed by atoms with Crippen LogP contribution >= 0.6 is 0 Å². The number of nitrogens with two attached hydrogens (primary N) is 1. The highest BCUT2D eigenvalue weighted by Crippen LogP contribution is 2.31. The Bertz CT molecular complexity index is 582. The maximum Gasteiger partial charge on any atom is 0.325 e. The summed E-state index contributed by atoms with van der Waals surface area (Å²) in [6.45, 7) is -0.426. The number of benzene rings is 1. The second-order valence-corrected chi connectivity index (χ2v) is 3.91. The van der Waals surface area contributed by atoms with Crippen molar-refractivity contribution in [3.05, 3.63) is 23.3 Å². The second-order valence-electron chi connectivity index (χ2n) is 3.91. The predicted molar refractivity (Wildman–Crippen MR) is 64.8 cm³/mol. The standard InChI is InChI=1S/C12H12N2O5/c1-18-9-4-7-6(3-8(9)13)11(16)14(12(7)17)5-10(15)19-2/h3-4H,5,13H2,1-2H3. The van der Waals surface area contributed by atoms with Gasteiger partial charge in [0, 0.05) is 0 Å². The molecule has 2 N–H and O–H groups in total. The van der Waals surface area contributed by atoms with Gasteiger partial charge in [-0.25, -0.2) is 0 Å². The first-order valence-electron chi connectivity index (χ1n) is 5.40. The molecule has 7 heteroatoms. The summed E-state index contributed by atoms with van der Waals surface area (Å²) in [7, 11) is 2.59. The molecule has 0 radical (unpaired) electrons. The van der Waals surface area contributed by atoms with Gasteiger partial charge in [-0.3, -0.25) is 19.3 Å². The molecule has 7 nitrogen and oxygen atoms in total. The highest BCUT2D eigenvalue weighted by molar-refractivity contribution is 6.22. The van der Waals surface area contributed by atoms with Gasteiger partial charge in [0.25, 0.3) is 11.8 Å². The summed E-state index contributed by atoms with van der Waals surface area (Å²) >= 11 is 0. The van der Waals surface area contributed by atoms with Crippen LogP contribution < -0.4 is 10.5 Å². The van der Waals surface area contributed by atoms with Crippen molar-refractivity contribution in [2.75, 3.05) is 26.5 Å². The van der Waals surface area contributed by atoms with Crippen molar-refractivity contribution in [2.24, 2.45) is 0 Å². The zero-order valence-electron chi connectivity index (χ0n) is 10.4. The molecule has 0 unspecified atom stereocenters. The highest BCUT2D eigenvalue weighted by atomic mass is 16.5. The molecule has 2 rings (SSSR count). The van der Waals surface area contributed by atoms with E-state index in [1.807, 2.05) is 0 Å². The molecular formula is C12H12N2O5. The Hall–Kier alpha value is -2.57. The lowest BCUT2D eigenvalue weighted by Gasteiger charge is -2.11. The first-order valence-corrected chi connectivity index (χ1v) is 5.40. The van der Waals surface area contributed by atoms with Crippen molar-refractivity contribution in [3.63, 3.8) is 0 Å². The fourth-order valence-corrected chi connectivity index (χ4v) is 1.85. The smallest absolute Gasteiger partial charge is 0.325 e. The van der Waals surface area contributed by atoms with Crippen LogP contribution in [0.25, 0.3) is 0 Å². The summed E-state index contributed by atoms with van der Waals surface area (Å²) in [5, 5.41) is 0. The molecule has 1 aromatic rings. The number of rotatable bonds is 3. The molecular weight excluding hydrogens is 252 g/mol. The normalized spacial score (nSPS) is 13.5. The summed E-state index contributed by atoms with van der Waals surface area (Å²) in [5.41, 5.74) is 6.26. The first kappa shape index (κ1) is 12.9. The van der Waals surface area contributed by atoms with Gasteiger partial charge in [-0.2, -0.15) is 0 Å². The molecule has 1 aliphatic rings. The Morgan fingerprint density at radius 3 is 2.32 bits per heavy atom. The number of hydrogen-bond acceptors (Lipinski definition) is 6.